The zero-order valence-corrected chi connectivity index (χ0v) is 11.3. The summed E-state index contributed by atoms with van der Waals surface area (Å²) in [5.41, 5.74) is 0.768. The second-order valence-corrected chi connectivity index (χ2v) is 4.67. The molecule has 2 N–H and O–H groups in total. The van der Waals surface area contributed by atoms with Crippen LogP contribution in [0.25, 0.3) is 0 Å². The lowest BCUT2D eigenvalue weighted by molar-refractivity contribution is -0.127. The summed E-state index contributed by atoms with van der Waals surface area (Å²) in [5.74, 6) is 0.437. The average molecular weight is 251 g/mol. The normalized spacial score (nSPS) is 14.1. The Balaban J connectivity index is 2.66. The van der Waals surface area contributed by atoms with Crippen molar-refractivity contribution in [3.63, 3.8) is 0 Å². The maximum absolute atomic E-state index is 11.7. The largest absolute Gasteiger partial charge is 0.481 e. The fourth-order valence-corrected chi connectivity index (χ4v) is 1.51. The third-order valence-electron chi connectivity index (χ3n) is 2.45. The second-order valence-electron chi connectivity index (χ2n) is 4.67. The third-order valence-corrected chi connectivity index (χ3v) is 2.45. The van der Waals surface area contributed by atoms with Gasteiger partial charge in [-0.25, -0.2) is 0 Å². The van der Waals surface area contributed by atoms with Gasteiger partial charge < -0.3 is 15.2 Å². The number of hydrogen-bond donors (Lipinski definition) is 2. The molecule has 0 aliphatic heterocycles. The van der Waals surface area contributed by atoms with E-state index >= 15 is 0 Å². The van der Waals surface area contributed by atoms with Crippen molar-refractivity contribution in [2.24, 2.45) is 0 Å². The van der Waals surface area contributed by atoms with Gasteiger partial charge >= 0.3 is 0 Å². The minimum atomic E-state index is -0.559. The number of carbonyl (C=O) groups is 1. The van der Waals surface area contributed by atoms with Gasteiger partial charge in [-0.15, -0.1) is 0 Å². The molecule has 4 nitrogen and oxygen atoms in total. The van der Waals surface area contributed by atoms with Crippen LogP contribution in [-0.2, 0) is 4.79 Å². The molecule has 0 bridgehead atoms. The summed E-state index contributed by atoms with van der Waals surface area (Å²) < 4.78 is 5.54. The molecule has 1 unspecified atom stereocenters. The quantitative estimate of drug-likeness (QED) is 0.842. The minimum Gasteiger partial charge on any atom is -0.481 e. The van der Waals surface area contributed by atoms with Crippen molar-refractivity contribution in [2.75, 3.05) is 0 Å². The van der Waals surface area contributed by atoms with Gasteiger partial charge in [0.25, 0.3) is 5.91 Å². The third kappa shape index (κ3) is 4.37. The van der Waals surface area contributed by atoms with Crippen molar-refractivity contribution in [1.82, 2.24) is 5.32 Å². The van der Waals surface area contributed by atoms with Gasteiger partial charge in [0.15, 0.2) is 6.10 Å². The molecule has 100 valence electrons. The van der Waals surface area contributed by atoms with Crippen LogP contribution >= 0.6 is 0 Å². The molecule has 0 spiro atoms. The smallest absolute Gasteiger partial charge is 0.260 e. The summed E-state index contributed by atoms with van der Waals surface area (Å²) in [6.45, 7) is 7.19. The molecule has 0 radical (unpaired) electrons. The van der Waals surface area contributed by atoms with Gasteiger partial charge in [0.2, 0.25) is 0 Å². The van der Waals surface area contributed by atoms with Crippen LogP contribution in [0.4, 0.5) is 0 Å². The molecule has 1 aromatic rings. The summed E-state index contributed by atoms with van der Waals surface area (Å²) in [4.78, 5) is 11.7. The van der Waals surface area contributed by atoms with E-state index < -0.39 is 12.2 Å². The highest BCUT2D eigenvalue weighted by molar-refractivity contribution is 5.80. The molecule has 0 aliphatic rings. The van der Waals surface area contributed by atoms with Crippen molar-refractivity contribution in [1.29, 1.82) is 0 Å². The van der Waals surface area contributed by atoms with Crippen LogP contribution < -0.4 is 10.1 Å². The summed E-state index contributed by atoms with van der Waals surface area (Å²) in [5, 5.41) is 12.3. The molecule has 0 fully saturated rings. The standard InChI is InChI=1S/C14H21NO3/c1-9(2)15-14(17)11(4)18-13-7-5-6-12(8-13)10(3)16/h5-11,16H,1-4H3,(H,15,17)/t10-,11?/m0/s1. The lowest BCUT2D eigenvalue weighted by Gasteiger charge is -2.17. The first kappa shape index (κ1) is 14.5. The summed E-state index contributed by atoms with van der Waals surface area (Å²) in [6, 6.07) is 7.21. The van der Waals surface area contributed by atoms with Gasteiger partial charge in [-0.05, 0) is 45.4 Å². The van der Waals surface area contributed by atoms with Crippen LogP contribution in [0.5, 0.6) is 5.75 Å². The Hall–Kier alpha value is -1.55. The van der Waals surface area contributed by atoms with Crippen molar-refractivity contribution >= 4 is 5.91 Å². The zero-order chi connectivity index (χ0) is 13.7. The molecule has 0 aliphatic carbocycles. The maximum Gasteiger partial charge on any atom is 0.260 e. The van der Waals surface area contributed by atoms with Crippen molar-refractivity contribution < 1.29 is 14.6 Å². The fraction of sp³-hybridized carbons (Fsp3) is 0.500. The highest BCUT2D eigenvalue weighted by Gasteiger charge is 2.15. The van der Waals surface area contributed by atoms with E-state index in [2.05, 4.69) is 5.32 Å². The lowest BCUT2D eigenvalue weighted by atomic mass is 10.1. The Morgan fingerprint density at radius 1 is 1.28 bits per heavy atom. The highest BCUT2D eigenvalue weighted by Crippen LogP contribution is 2.19. The van der Waals surface area contributed by atoms with Gasteiger partial charge in [0.05, 0.1) is 6.10 Å². The van der Waals surface area contributed by atoms with Gasteiger partial charge in [-0.2, -0.15) is 0 Å². The summed E-state index contributed by atoms with van der Waals surface area (Å²) in [7, 11) is 0. The number of hydrogen-bond acceptors (Lipinski definition) is 3. The van der Waals surface area contributed by atoms with Crippen molar-refractivity contribution in [2.45, 2.75) is 45.9 Å². The van der Waals surface area contributed by atoms with E-state index in [0.29, 0.717) is 5.75 Å². The number of rotatable bonds is 5. The fourth-order valence-electron chi connectivity index (χ4n) is 1.51. The van der Waals surface area contributed by atoms with Gasteiger partial charge in [-0.1, -0.05) is 12.1 Å². The van der Waals surface area contributed by atoms with Gasteiger partial charge in [0.1, 0.15) is 5.75 Å². The summed E-state index contributed by atoms with van der Waals surface area (Å²) in [6.07, 6.45) is -1.11. The number of carbonyl (C=O) groups excluding carboxylic acids is 1. The zero-order valence-electron chi connectivity index (χ0n) is 11.3. The first-order chi connectivity index (χ1) is 8.40. The first-order valence-electron chi connectivity index (χ1n) is 6.15. The molecule has 18 heavy (non-hydrogen) atoms. The molecular weight excluding hydrogens is 230 g/mol. The van der Waals surface area contributed by atoms with E-state index in [0.717, 1.165) is 5.56 Å². The van der Waals surface area contributed by atoms with Crippen LogP contribution in [0.15, 0.2) is 24.3 Å². The predicted molar refractivity (Wildman–Crippen MR) is 70.4 cm³/mol. The van der Waals surface area contributed by atoms with E-state index in [9.17, 15) is 9.90 Å². The topological polar surface area (TPSA) is 58.6 Å². The number of nitrogens with one attached hydrogen (secondary N) is 1. The van der Waals surface area contributed by atoms with Crippen LogP contribution in [0, 0.1) is 0 Å². The van der Waals surface area contributed by atoms with Crippen LogP contribution in [0.1, 0.15) is 39.4 Å². The molecule has 1 rings (SSSR count). The van der Waals surface area contributed by atoms with Crippen molar-refractivity contribution in [3.8, 4) is 5.75 Å². The molecule has 2 atom stereocenters. The first-order valence-corrected chi connectivity index (χ1v) is 6.15. The molecule has 0 saturated heterocycles. The van der Waals surface area contributed by atoms with Crippen LogP contribution in [0.3, 0.4) is 0 Å². The van der Waals surface area contributed by atoms with E-state index in [1.165, 1.54) is 0 Å². The molecule has 0 saturated carbocycles. The van der Waals surface area contributed by atoms with Crippen LogP contribution in [-0.4, -0.2) is 23.2 Å². The lowest BCUT2D eigenvalue weighted by Crippen LogP contribution is -2.40. The Bertz CT molecular complexity index is 402. The Morgan fingerprint density at radius 2 is 1.94 bits per heavy atom. The van der Waals surface area contributed by atoms with Crippen molar-refractivity contribution in [3.05, 3.63) is 29.8 Å². The number of aliphatic hydroxyl groups excluding tert-OH is 1. The van der Waals surface area contributed by atoms with Gasteiger partial charge in [-0.3, -0.25) is 4.79 Å². The van der Waals surface area contributed by atoms with Gasteiger partial charge in [0, 0.05) is 6.04 Å². The highest BCUT2D eigenvalue weighted by atomic mass is 16.5. The average Bonchev–Trinajstić information content (AvgIpc) is 2.28. The Labute approximate surface area is 108 Å². The van der Waals surface area contributed by atoms with E-state index in [1.54, 1.807) is 32.0 Å². The molecule has 0 heterocycles. The molecule has 1 amide bonds. The molecule has 4 heteroatoms. The predicted octanol–water partition coefficient (Wildman–Crippen LogP) is 2.03. The van der Waals surface area contributed by atoms with E-state index in [1.807, 2.05) is 19.9 Å². The molecular formula is C14H21NO3. The van der Waals surface area contributed by atoms with E-state index in [4.69, 9.17) is 4.74 Å². The second kappa shape index (κ2) is 6.40. The summed E-state index contributed by atoms with van der Waals surface area (Å²) >= 11 is 0. The van der Waals surface area contributed by atoms with E-state index in [-0.39, 0.29) is 11.9 Å². The molecule has 1 aromatic carbocycles. The Kier molecular flexibility index (Phi) is 5.16. The van der Waals surface area contributed by atoms with Crippen LogP contribution in [0.2, 0.25) is 0 Å². The number of benzene rings is 1. The SMILES string of the molecule is CC(C)NC(=O)C(C)Oc1cccc([C@H](C)O)c1. The maximum atomic E-state index is 11.7. The monoisotopic (exact) mass is 251 g/mol. The number of ether oxygens (including phenoxy) is 1. The number of aliphatic hydroxyl groups is 1. The minimum absolute atomic E-state index is 0.0901. The Morgan fingerprint density at radius 3 is 2.50 bits per heavy atom. The number of amides is 1. The molecule has 0 aromatic heterocycles.